The predicted octanol–water partition coefficient (Wildman–Crippen LogP) is 1.67. The molecule has 0 aromatic heterocycles. The molecule has 1 atom stereocenters. The van der Waals surface area contributed by atoms with Gasteiger partial charge in [-0.25, -0.2) is 17.9 Å². The van der Waals surface area contributed by atoms with E-state index in [1.165, 1.54) is 23.8 Å². The van der Waals surface area contributed by atoms with Crippen LogP contribution < -0.4 is 4.72 Å². The van der Waals surface area contributed by atoms with Gasteiger partial charge in [-0.2, -0.15) is 13.2 Å². The van der Waals surface area contributed by atoms with Gasteiger partial charge >= 0.3 is 21.5 Å². The van der Waals surface area contributed by atoms with Crippen LogP contribution in [0, 0.1) is 0 Å². The molecule has 1 N–H and O–H groups in total. The number of carbonyl (C=O) groups excluding carboxylic acids is 1. The lowest BCUT2D eigenvalue weighted by Crippen LogP contribution is -2.40. The molecule has 0 saturated heterocycles. The van der Waals surface area contributed by atoms with Crippen LogP contribution in [0.4, 0.5) is 13.2 Å². The summed E-state index contributed by atoms with van der Waals surface area (Å²) in [5.74, 6) is -0.746. The number of carbonyl (C=O) groups is 1. The summed E-state index contributed by atoms with van der Waals surface area (Å²) in [6.07, 6.45) is -1.04. The SMILES string of the molecule is CC(CNS(=O)(=O)C(F)(F)F)OC(=O)c1ccccc1. The summed E-state index contributed by atoms with van der Waals surface area (Å²) in [6.45, 7) is 0.611. The molecule has 9 heteroatoms. The van der Waals surface area contributed by atoms with E-state index in [-0.39, 0.29) is 5.56 Å². The Balaban J connectivity index is 2.53. The van der Waals surface area contributed by atoms with Crippen LogP contribution >= 0.6 is 0 Å². The van der Waals surface area contributed by atoms with Gasteiger partial charge in [-0.15, -0.1) is 0 Å². The van der Waals surface area contributed by atoms with Crippen molar-refractivity contribution in [2.75, 3.05) is 6.54 Å². The minimum Gasteiger partial charge on any atom is -0.458 e. The van der Waals surface area contributed by atoms with Gasteiger partial charge in [-0.3, -0.25) is 0 Å². The Kier molecular flexibility index (Phi) is 5.12. The Labute approximate surface area is 113 Å². The second-order valence-corrected chi connectivity index (χ2v) is 5.64. The van der Waals surface area contributed by atoms with Crippen molar-refractivity contribution in [3.63, 3.8) is 0 Å². The third kappa shape index (κ3) is 4.49. The van der Waals surface area contributed by atoms with E-state index in [1.54, 1.807) is 18.2 Å². The minimum absolute atomic E-state index is 0.220. The number of alkyl halides is 3. The standard InChI is InChI=1S/C11H12F3NO4S/c1-8(7-15-20(17,18)11(12,13)14)19-10(16)9-5-3-2-4-6-9/h2-6,8,15H,7H2,1H3. The van der Waals surface area contributed by atoms with Gasteiger partial charge in [0.05, 0.1) is 5.56 Å². The van der Waals surface area contributed by atoms with Crippen molar-refractivity contribution in [1.29, 1.82) is 0 Å². The van der Waals surface area contributed by atoms with Gasteiger partial charge in [0.1, 0.15) is 6.10 Å². The maximum Gasteiger partial charge on any atom is 0.511 e. The molecular formula is C11H12F3NO4S. The zero-order valence-corrected chi connectivity index (χ0v) is 11.2. The fraction of sp³-hybridized carbons (Fsp3) is 0.364. The lowest BCUT2D eigenvalue weighted by molar-refractivity contribution is -0.0450. The summed E-state index contributed by atoms with van der Waals surface area (Å²) < 4.78 is 63.8. The zero-order valence-electron chi connectivity index (χ0n) is 10.3. The summed E-state index contributed by atoms with van der Waals surface area (Å²) in [5, 5.41) is 0. The highest BCUT2D eigenvalue weighted by Gasteiger charge is 2.45. The van der Waals surface area contributed by atoms with Crippen molar-refractivity contribution in [1.82, 2.24) is 4.72 Å². The largest absolute Gasteiger partial charge is 0.511 e. The number of ether oxygens (including phenoxy) is 1. The van der Waals surface area contributed by atoms with Gasteiger partial charge in [0, 0.05) is 6.54 Å². The molecular weight excluding hydrogens is 299 g/mol. The van der Waals surface area contributed by atoms with Crippen LogP contribution in [-0.2, 0) is 14.8 Å². The normalized spacial score (nSPS) is 13.8. The molecule has 0 bridgehead atoms. The van der Waals surface area contributed by atoms with E-state index < -0.39 is 34.1 Å². The van der Waals surface area contributed by atoms with Crippen molar-refractivity contribution in [2.24, 2.45) is 0 Å². The Bertz CT molecular complexity index is 557. The molecule has 0 heterocycles. The van der Waals surface area contributed by atoms with Gasteiger partial charge in [-0.1, -0.05) is 18.2 Å². The molecule has 0 aliphatic carbocycles. The highest BCUT2D eigenvalue weighted by atomic mass is 32.2. The highest BCUT2D eigenvalue weighted by molar-refractivity contribution is 7.90. The van der Waals surface area contributed by atoms with Gasteiger partial charge in [0.15, 0.2) is 0 Å². The number of nitrogens with one attached hydrogen (secondary N) is 1. The third-order valence-corrected chi connectivity index (χ3v) is 3.34. The summed E-state index contributed by atoms with van der Waals surface area (Å²) in [6, 6.07) is 7.79. The zero-order chi connectivity index (χ0) is 15.4. The van der Waals surface area contributed by atoms with Crippen LogP contribution in [0.15, 0.2) is 30.3 Å². The third-order valence-electron chi connectivity index (χ3n) is 2.18. The summed E-state index contributed by atoms with van der Waals surface area (Å²) >= 11 is 0. The van der Waals surface area contributed by atoms with E-state index in [9.17, 15) is 26.4 Å². The number of hydrogen-bond acceptors (Lipinski definition) is 4. The summed E-state index contributed by atoms with van der Waals surface area (Å²) in [5.41, 5.74) is -5.17. The van der Waals surface area contributed by atoms with Gasteiger partial charge in [0.2, 0.25) is 0 Å². The highest BCUT2D eigenvalue weighted by Crippen LogP contribution is 2.21. The lowest BCUT2D eigenvalue weighted by Gasteiger charge is -2.15. The molecule has 0 amide bonds. The molecule has 1 unspecified atom stereocenters. The van der Waals surface area contributed by atoms with Crippen molar-refractivity contribution in [3.8, 4) is 0 Å². The first-order valence-corrected chi connectivity index (χ1v) is 6.94. The molecule has 112 valence electrons. The summed E-state index contributed by atoms with van der Waals surface area (Å²) in [4.78, 5) is 11.6. The van der Waals surface area contributed by atoms with E-state index >= 15 is 0 Å². The van der Waals surface area contributed by atoms with Crippen LogP contribution in [0.5, 0.6) is 0 Å². The molecule has 0 aliphatic heterocycles. The molecule has 1 aromatic carbocycles. The van der Waals surface area contributed by atoms with Crippen molar-refractivity contribution in [2.45, 2.75) is 18.5 Å². The summed E-state index contributed by atoms with van der Waals surface area (Å²) in [7, 11) is -5.43. The molecule has 1 rings (SSSR count). The van der Waals surface area contributed by atoms with Gasteiger partial charge in [0.25, 0.3) is 0 Å². The van der Waals surface area contributed by atoms with Crippen LogP contribution in [-0.4, -0.2) is 32.5 Å². The van der Waals surface area contributed by atoms with E-state index in [4.69, 9.17) is 4.74 Å². The van der Waals surface area contributed by atoms with Crippen molar-refractivity contribution in [3.05, 3.63) is 35.9 Å². The van der Waals surface area contributed by atoms with Crippen LogP contribution in [0.1, 0.15) is 17.3 Å². The van der Waals surface area contributed by atoms with Crippen molar-refractivity contribution >= 4 is 16.0 Å². The van der Waals surface area contributed by atoms with E-state index in [0.717, 1.165) is 0 Å². The molecule has 0 radical (unpaired) electrons. The minimum atomic E-state index is -5.43. The predicted molar refractivity (Wildman–Crippen MR) is 64.3 cm³/mol. The van der Waals surface area contributed by atoms with Gasteiger partial charge in [-0.05, 0) is 19.1 Å². The van der Waals surface area contributed by atoms with Crippen LogP contribution in [0.3, 0.4) is 0 Å². The monoisotopic (exact) mass is 311 g/mol. The van der Waals surface area contributed by atoms with E-state index in [1.807, 2.05) is 0 Å². The average molecular weight is 311 g/mol. The number of rotatable bonds is 5. The topological polar surface area (TPSA) is 72.5 Å². The maximum absolute atomic E-state index is 12.1. The smallest absolute Gasteiger partial charge is 0.458 e. The Morgan fingerprint density at radius 3 is 2.35 bits per heavy atom. The number of esters is 1. The van der Waals surface area contributed by atoms with Gasteiger partial charge < -0.3 is 4.74 Å². The maximum atomic E-state index is 12.1. The number of sulfonamides is 1. The van der Waals surface area contributed by atoms with E-state index in [2.05, 4.69) is 0 Å². The molecule has 0 saturated carbocycles. The average Bonchev–Trinajstić information content (AvgIpc) is 2.36. The fourth-order valence-corrected chi connectivity index (χ4v) is 1.79. The molecule has 20 heavy (non-hydrogen) atoms. The molecule has 0 aliphatic rings. The second-order valence-electron chi connectivity index (χ2n) is 3.88. The van der Waals surface area contributed by atoms with Crippen LogP contribution in [0.25, 0.3) is 0 Å². The Hall–Kier alpha value is -1.61. The number of halogens is 3. The molecule has 0 spiro atoms. The molecule has 0 fully saturated rings. The Morgan fingerprint density at radius 2 is 1.85 bits per heavy atom. The first-order valence-electron chi connectivity index (χ1n) is 5.45. The second kappa shape index (κ2) is 6.23. The Morgan fingerprint density at radius 1 is 1.30 bits per heavy atom. The van der Waals surface area contributed by atoms with E-state index in [0.29, 0.717) is 0 Å². The number of benzene rings is 1. The fourth-order valence-electron chi connectivity index (χ4n) is 1.18. The van der Waals surface area contributed by atoms with Crippen LogP contribution in [0.2, 0.25) is 0 Å². The lowest BCUT2D eigenvalue weighted by atomic mass is 10.2. The quantitative estimate of drug-likeness (QED) is 0.840. The van der Waals surface area contributed by atoms with Crippen molar-refractivity contribution < 1.29 is 31.1 Å². The number of hydrogen-bond donors (Lipinski definition) is 1. The molecule has 5 nitrogen and oxygen atoms in total. The first-order chi connectivity index (χ1) is 9.13. The first kappa shape index (κ1) is 16.4. The molecule has 1 aromatic rings.